The Kier molecular flexibility index (Phi) is 5.62. The first-order chi connectivity index (χ1) is 16.2. The first kappa shape index (κ1) is 22.8. The Balaban J connectivity index is 1.58. The Morgan fingerprint density at radius 2 is 2.06 bits per heavy atom. The van der Waals surface area contributed by atoms with E-state index < -0.39 is 23.6 Å². The van der Waals surface area contributed by atoms with E-state index in [2.05, 4.69) is 11.6 Å². The smallest absolute Gasteiger partial charge is 0.282 e. The largest absolute Gasteiger partial charge is 0.489 e. The van der Waals surface area contributed by atoms with E-state index in [4.69, 9.17) is 33.7 Å². The third-order valence-corrected chi connectivity index (χ3v) is 7.42. The second-order valence-electron chi connectivity index (χ2n) is 7.87. The van der Waals surface area contributed by atoms with Crippen LogP contribution in [0.3, 0.4) is 0 Å². The van der Waals surface area contributed by atoms with E-state index in [1.165, 1.54) is 23.1 Å². The number of hydrogen-bond acceptors (Lipinski definition) is 6. The van der Waals surface area contributed by atoms with Crippen molar-refractivity contribution in [2.24, 2.45) is 0 Å². The summed E-state index contributed by atoms with van der Waals surface area (Å²) in [6.07, 6.45) is 0. The molecule has 12 heteroatoms. The number of amides is 2. The van der Waals surface area contributed by atoms with Gasteiger partial charge in [-0.25, -0.2) is 13.8 Å². The maximum Gasteiger partial charge on any atom is 0.282 e. The lowest BCUT2D eigenvalue weighted by Gasteiger charge is -2.39. The zero-order valence-electron chi connectivity index (χ0n) is 17.4. The number of ether oxygens (including phenoxy) is 1. The molecule has 2 aliphatic heterocycles. The van der Waals surface area contributed by atoms with Crippen LogP contribution in [0.4, 0.5) is 13.9 Å². The fraction of sp³-hybridized carbons (Fsp3) is 0.227. The van der Waals surface area contributed by atoms with Gasteiger partial charge in [0.15, 0.2) is 16.7 Å². The van der Waals surface area contributed by atoms with Gasteiger partial charge < -0.3 is 20.3 Å². The fourth-order valence-corrected chi connectivity index (χ4v) is 5.78. The van der Waals surface area contributed by atoms with Crippen molar-refractivity contribution in [1.29, 1.82) is 0 Å². The predicted octanol–water partition coefficient (Wildman–Crippen LogP) is 4.52. The van der Waals surface area contributed by atoms with Crippen LogP contribution < -0.4 is 10.5 Å². The van der Waals surface area contributed by atoms with Crippen molar-refractivity contribution in [3.05, 3.63) is 52.0 Å². The quantitative estimate of drug-likeness (QED) is 0.498. The number of piperazine rings is 1. The van der Waals surface area contributed by atoms with Gasteiger partial charge in [-0.15, -0.1) is 0 Å². The summed E-state index contributed by atoms with van der Waals surface area (Å²) in [5.74, 6) is -2.62. The minimum Gasteiger partial charge on any atom is -0.489 e. The molecule has 2 aromatic carbocycles. The summed E-state index contributed by atoms with van der Waals surface area (Å²) < 4.78 is 33.8. The van der Waals surface area contributed by atoms with Crippen LogP contribution in [0.5, 0.6) is 5.75 Å². The minimum atomic E-state index is -1.06. The molecule has 2 aliphatic rings. The Bertz CT molecular complexity index is 1400. The number of halogens is 4. The summed E-state index contributed by atoms with van der Waals surface area (Å²) in [6, 6.07) is 3.69. The number of rotatable bonds is 2. The number of nitrogens with zero attached hydrogens (tertiary/aromatic N) is 3. The molecule has 1 fully saturated rings. The van der Waals surface area contributed by atoms with E-state index >= 15 is 0 Å². The van der Waals surface area contributed by atoms with Crippen LogP contribution in [0.25, 0.3) is 21.3 Å². The van der Waals surface area contributed by atoms with Crippen molar-refractivity contribution < 1.29 is 23.1 Å². The first-order valence-electron chi connectivity index (χ1n) is 10.1. The fourth-order valence-electron chi connectivity index (χ4n) is 4.30. The van der Waals surface area contributed by atoms with E-state index in [0.717, 1.165) is 11.3 Å². The number of nitrogen functional groups attached to an aromatic ring is 1. The van der Waals surface area contributed by atoms with Gasteiger partial charge in [0.25, 0.3) is 11.8 Å². The van der Waals surface area contributed by atoms with E-state index in [1.807, 2.05) is 0 Å². The molecule has 34 heavy (non-hydrogen) atoms. The lowest BCUT2D eigenvalue weighted by molar-refractivity contribution is -0.131. The summed E-state index contributed by atoms with van der Waals surface area (Å²) in [4.78, 5) is 32.4. The molecule has 0 radical (unpaired) electrons. The Labute approximate surface area is 206 Å². The maximum atomic E-state index is 14.3. The lowest BCUT2D eigenvalue weighted by atomic mass is 10.0. The number of anilines is 1. The molecule has 3 heterocycles. The molecule has 0 bridgehead atoms. The van der Waals surface area contributed by atoms with Crippen LogP contribution in [0.2, 0.25) is 10.0 Å². The van der Waals surface area contributed by atoms with Crippen LogP contribution >= 0.6 is 34.5 Å². The average molecular weight is 525 g/mol. The Morgan fingerprint density at radius 1 is 1.29 bits per heavy atom. The number of nitrogens with two attached hydrogens (primary N) is 1. The predicted molar refractivity (Wildman–Crippen MR) is 127 cm³/mol. The molecule has 0 aliphatic carbocycles. The van der Waals surface area contributed by atoms with E-state index in [-0.39, 0.29) is 63.3 Å². The molecule has 1 saturated heterocycles. The highest BCUT2D eigenvalue weighted by Gasteiger charge is 2.39. The normalized spacial score (nSPS) is 17.8. The molecule has 0 spiro atoms. The summed E-state index contributed by atoms with van der Waals surface area (Å²) >= 11 is 14.3. The molecular formula is C22H16Cl2F2N4O3S. The summed E-state index contributed by atoms with van der Waals surface area (Å²) in [6.45, 7) is 3.48. The number of carbonyl (C=O) groups excluding carboxylic acids is 2. The molecule has 3 aromatic rings. The topological polar surface area (TPSA) is 88.8 Å². The molecule has 0 unspecified atom stereocenters. The molecule has 176 valence electrons. The summed E-state index contributed by atoms with van der Waals surface area (Å²) in [5, 5.41) is 0.406. The van der Waals surface area contributed by atoms with Crippen molar-refractivity contribution in [1.82, 2.24) is 14.8 Å². The van der Waals surface area contributed by atoms with E-state index in [0.29, 0.717) is 16.6 Å². The lowest BCUT2D eigenvalue weighted by Crippen LogP contribution is -2.57. The highest BCUT2D eigenvalue weighted by Crippen LogP contribution is 2.47. The molecule has 2 amide bonds. The van der Waals surface area contributed by atoms with Crippen LogP contribution in [0.15, 0.2) is 30.6 Å². The van der Waals surface area contributed by atoms with Crippen LogP contribution in [0, 0.1) is 5.82 Å². The highest BCUT2D eigenvalue weighted by molar-refractivity contribution is 7.22. The molecule has 5 rings (SSSR count). The standard InChI is InChI=1S/C22H16Cl2F2N4O3S/c1-9(25)20(31)29-4-5-30-10(7-29)8-33-18-12(21(30)32)6-13(23)15(16(18)24)11-2-3-14(26)19-17(11)28-22(27)34-19/h2-3,6,10H,1,4-5,7-8H2,(H2,27,28)/t10-/m1/s1. The number of thiazole rings is 1. The third kappa shape index (κ3) is 3.57. The van der Waals surface area contributed by atoms with Crippen LogP contribution in [0.1, 0.15) is 10.4 Å². The van der Waals surface area contributed by atoms with Gasteiger partial charge in [0.2, 0.25) is 0 Å². The zero-order chi connectivity index (χ0) is 24.3. The van der Waals surface area contributed by atoms with Gasteiger partial charge >= 0.3 is 0 Å². The van der Waals surface area contributed by atoms with Crippen molar-refractivity contribution in [3.63, 3.8) is 0 Å². The first-order valence-corrected chi connectivity index (χ1v) is 11.7. The van der Waals surface area contributed by atoms with Crippen molar-refractivity contribution in [3.8, 4) is 16.9 Å². The van der Waals surface area contributed by atoms with E-state index in [9.17, 15) is 18.4 Å². The summed E-state index contributed by atoms with van der Waals surface area (Å²) in [7, 11) is 0. The van der Waals surface area contributed by atoms with Crippen molar-refractivity contribution in [2.45, 2.75) is 6.04 Å². The second-order valence-corrected chi connectivity index (χ2v) is 9.68. The molecule has 7 nitrogen and oxygen atoms in total. The second kappa shape index (κ2) is 8.37. The number of aromatic nitrogens is 1. The van der Waals surface area contributed by atoms with E-state index in [1.54, 1.807) is 4.90 Å². The SMILES string of the molecule is C=C(F)C(=O)N1CCN2C(=O)c3cc(Cl)c(-c4ccc(F)c5sc(N)nc45)c(Cl)c3OC[C@H]2C1. The summed E-state index contributed by atoms with van der Waals surface area (Å²) in [5.41, 5.74) is 7.02. The molecular weight excluding hydrogens is 509 g/mol. The molecule has 0 saturated carbocycles. The van der Waals surface area contributed by atoms with Crippen LogP contribution in [-0.4, -0.2) is 58.9 Å². The van der Waals surface area contributed by atoms with Crippen molar-refractivity contribution >= 4 is 61.7 Å². The van der Waals surface area contributed by atoms with Crippen molar-refractivity contribution in [2.75, 3.05) is 32.0 Å². The number of carbonyl (C=O) groups is 2. The van der Waals surface area contributed by atoms with Gasteiger partial charge in [-0.2, -0.15) is 0 Å². The molecule has 1 aromatic heterocycles. The van der Waals surface area contributed by atoms with Gasteiger partial charge in [-0.3, -0.25) is 9.59 Å². The zero-order valence-corrected chi connectivity index (χ0v) is 19.7. The van der Waals surface area contributed by atoms with Gasteiger partial charge in [-0.1, -0.05) is 41.1 Å². The Morgan fingerprint density at radius 3 is 2.79 bits per heavy atom. The van der Waals surface area contributed by atoms with Gasteiger partial charge in [-0.05, 0) is 18.2 Å². The number of benzene rings is 2. The molecule has 2 N–H and O–H groups in total. The minimum absolute atomic E-state index is 0.0184. The van der Waals surface area contributed by atoms with Gasteiger partial charge in [0.05, 0.1) is 31.9 Å². The van der Waals surface area contributed by atoms with Crippen LogP contribution in [-0.2, 0) is 4.79 Å². The van der Waals surface area contributed by atoms with Gasteiger partial charge in [0, 0.05) is 30.8 Å². The number of hydrogen-bond donors (Lipinski definition) is 1. The Hall–Kier alpha value is -2.95. The number of fused-ring (bicyclic) bond motifs is 3. The molecule has 1 atom stereocenters. The monoisotopic (exact) mass is 524 g/mol. The highest BCUT2D eigenvalue weighted by atomic mass is 35.5. The van der Waals surface area contributed by atoms with Gasteiger partial charge in [0.1, 0.15) is 12.4 Å². The third-order valence-electron chi connectivity index (χ3n) is 5.87. The average Bonchev–Trinajstić information content (AvgIpc) is 3.14. The maximum absolute atomic E-state index is 14.3.